The highest BCUT2D eigenvalue weighted by Crippen LogP contribution is 2.23. The van der Waals surface area contributed by atoms with Crippen LogP contribution in [-0.4, -0.2) is 24.0 Å². The fraction of sp³-hybridized carbons (Fsp3) is 0.200. The van der Waals surface area contributed by atoms with Gasteiger partial charge in [-0.1, -0.05) is 18.2 Å². The van der Waals surface area contributed by atoms with Crippen LogP contribution in [0.1, 0.15) is 11.9 Å². The zero-order valence-corrected chi connectivity index (χ0v) is 15.8. The zero-order chi connectivity index (χ0) is 18.5. The molecule has 2 aromatic carbocycles. The second-order valence-electron chi connectivity index (χ2n) is 5.92. The molecule has 0 aliphatic carbocycles. The van der Waals surface area contributed by atoms with Crippen LogP contribution in [0.15, 0.2) is 53.9 Å². The van der Waals surface area contributed by atoms with E-state index in [0.29, 0.717) is 11.4 Å². The molecular formula is C20H21N3O2S. The molecule has 1 atom stereocenters. The summed E-state index contributed by atoms with van der Waals surface area (Å²) in [6.45, 7) is 3.82. The predicted octanol–water partition coefficient (Wildman–Crippen LogP) is 4.57. The summed E-state index contributed by atoms with van der Waals surface area (Å²) < 4.78 is 5.17. The van der Waals surface area contributed by atoms with Crippen LogP contribution in [0.3, 0.4) is 0 Å². The Kier molecular flexibility index (Phi) is 5.53. The summed E-state index contributed by atoms with van der Waals surface area (Å²) in [7, 11) is 1.60. The van der Waals surface area contributed by atoms with Crippen LogP contribution >= 0.6 is 11.3 Å². The van der Waals surface area contributed by atoms with Gasteiger partial charge in [-0.15, -0.1) is 11.3 Å². The number of carbonyl (C=O) groups excluding carboxylic acids is 1. The third-order valence-electron chi connectivity index (χ3n) is 3.91. The standard InChI is InChI=1S/C20H21N3O2S/c1-13(20(24)23-17-5-4-6-18(11-17)25-3)21-16-9-7-15(8-10-16)19-12-26-14(2)22-19/h4-13,21H,1-3H3,(H,23,24). The van der Waals surface area contributed by atoms with Crippen molar-refractivity contribution in [2.75, 3.05) is 17.7 Å². The molecular weight excluding hydrogens is 346 g/mol. The first-order valence-corrected chi connectivity index (χ1v) is 9.17. The Balaban J connectivity index is 1.61. The summed E-state index contributed by atoms with van der Waals surface area (Å²) >= 11 is 1.63. The van der Waals surface area contributed by atoms with Gasteiger partial charge in [-0.2, -0.15) is 0 Å². The molecule has 0 aliphatic rings. The lowest BCUT2D eigenvalue weighted by Crippen LogP contribution is -2.31. The lowest BCUT2D eigenvalue weighted by atomic mass is 10.1. The summed E-state index contributed by atoms with van der Waals surface area (Å²) in [6.07, 6.45) is 0. The normalized spacial score (nSPS) is 11.7. The second-order valence-corrected chi connectivity index (χ2v) is 6.98. The quantitative estimate of drug-likeness (QED) is 0.670. The second kappa shape index (κ2) is 8.01. The maximum Gasteiger partial charge on any atom is 0.246 e. The summed E-state index contributed by atoms with van der Waals surface area (Å²) in [5.41, 5.74) is 3.63. The molecule has 1 aromatic heterocycles. The van der Waals surface area contributed by atoms with E-state index < -0.39 is 0 Å². The largest absolute Gasteiger partial charge is 0.497 e. The number of hydrogen-bond donors (Lipinski definition) is 2. The van der Waals surface area contributed by atoms with Gasteiger partial charge in [-0.05, 0) is 38.1 Å². The molecule has 134 valence electrons. The first-order valence-electron chi connectivity index (χ1n) is 8.29. The molecule has 1 unspecified atom stereocenters. The Morgan fingerprint density at radius 3 is 2.58 bits per heavy atom. The van der Waals surface area contributed by atoms with Gasteiger partial charge in [0.25, 0.3) is 0 Å². The van der Waals surface area contributed by atoms with Crippen molar-refractivity contribution >= 4 is 28.6 Å². The van der Waals surface area contributed by atoms with Crippen LogP contribution in [0.2, 0.25) is 0 Å². The highest BCUT2D eigenvalue weighted by Gasteiger charge is 2.13. The lowest BCUT2D eigenvalue weighted by Gasteiger charge is -2.16. The predicted molar refractivity (Wildman–Crippen MR) is 107 cm³/mol. The Morgan fingerprint density at radius 1 is 1.15 bits per heavy atom. The van der Waals surface area contributed by atoms with Crippen molar-refractivity contribution in [3.05, 3.63) is 58.9 Å². The molecule has 0 fully saturated rings. The number of benzene rings is 2. The van der Waals surface area contributed by atoms with Crippen LogP contribution in [0.5, 0.6) is 5.75 Å². The van der Waals surface area contributed by atoms with E-state index in [2.05, 4.69) is 15.6 Å². The summed E-state index contributed by atoms with van der Waals surface area (Å²) in [6, 6.07) is 14.8. The van der Waals surface area contributed by atoms with Crippen molar-refractivity contribution in [1.29, 1.82) is 0 Å². The Morgan fingerprint density at radius 2 is 1.92 bits per heavy atom. The summed E-state index contributed by atoms with van der Waals surface area (Å²) in [4.78, 5) is 16.9. The molecule has 1 heterocycles. The molecule has 6 heteroatoms. The molecule has 1 amide bonds. The molecule has 3 aromatic rings. The molecule has 0 spiro atoms. The van der Waals surface area contributed by atoms with Crippen LogP contribution in [0.25, 0.3) is 11.3 Å². The number of rotatable bonds is 6. The van der Waals surface area contributed by atoms with Gasteiger partial charge in [-0.25, -0.2) is 4.98 Å². The SMILES string of the molecule is COc1cccc(NC(=O)C(C)Nc2ccc(-c3csc(C)n3)cc2)c1. The number of nitrogens with zero attached hydrogens (tertiary/aromatic N) is 1. The topological polar surface area (TPSA) is 63.2 Å². The fourth-order valence-electron chi connectivity index (χ4n) is 2.50. The highest BCUT2D eigenvalue weighted by molar-refractivity contribution is 7.09. The molecule has 3 rings (SSSR count). The van der Waals surface area contributed by atoms with Crippen LogP contribution in [0.4, 0.5) is 11.4 Å². The van der Waals surface area contributed by atoms with Crippen molar-refractivity contribution in [3.63, 3.8) is 0 Å². The minimum Gasteiger partial charge on any atom is -0.497 e. The summed E-state index contributed by atoms with van der Waals surface area (Å²) in [5, 5.41) is 9.19. The van der Waals surface area contributed by atoms with Crippen LogP contribution in [0, 0.1) is 6.92 Å². The van der Waals surface area contributed by atoms with Crippen molar-refractivity contribution < 1.29 is 9.53 Å². The molecule has 0 bridgehead atoms. The van der Waals surface area contributed by atoms with E-state index in [4.69, 9.17) is 4.74 Å². The number of anilines is 2. The van der Waals surface area contributed by atoms with E-state index in [1.165, 1.54) is 0 Å². The maximum absolute atomic E-state index is 12.4. The minimum absolute atomic E-state index is 0.113. The van der Waals surface area contributed by atoms with Gasteiger partial charge in [0, 0.05) is 28.4 Å². The zero-order valence-electron chi connectivity index (χ0n) is 14.9. The van der Waals surface area contributed by atoms with Gasteiger partial charge >= 0.3 is 0 Å². The van der Waals surface area contributed by atoms with Crippen molar-refractivity contribution in [2.24, 2.45) is 0 Å². The smallest absolute Gasteiger partial charge is 0.246 e. The molecule has 0 radical (unpaired) electrons. The minimum atomic E-state index is -0.381. The van der Waals surface area contributed by atoms with Gasteiger partial charge in [-0.3, -0.25) is 4.79 Å². The number of nitrogens with one attached hydrogen (secondary N) is 2. The molecule has 0 saturated heterocycles. The van der Waals surface area contributed by atoms with Gasteiger partial charge in [0.15, 0.2) is 0 Å². The molecule has 26 heavy (non-hydrogen) atoms. The van der Waals surface area contributed by atoms with Crippen LogP contribution < -0.4 is 15.4 Å². The number of carbonyl (C=O) groups is 1. The number of aryl methyl sites for hydroxylation is 1. The van der Waals surface area contributed by atoms with Crippen molar-refractivity contribution in [2.45, 2.75) is 19.9 Å². The van der Waals surface area contributed by atoms with E-state index in [1.807, 2.05) is 61.7 Å². The number of methoxy groups -OCH3 is 1. The van der Waals surface area contributed by atoms with Crippen LogP contribution in [-0.2, 0) is 4.79 Å². The van der Waals surface area contributed by atoms with Gasteiger partial charge in [0.2, 0.25) is 5.91 Å². The average molecular weight is 367 g/mol. The Hall–Kier alpha value is -2.86. The molecule has 0 saturated carbocycles. The third kappa shape index (κ3) is 4.40. The van der Waals surface area contributed by atoms with E-state index in [1.54, 1.807) is 24.5 Å². The number of ether oxygens (including phenoxy) is 1. The molecule has 5 nitrogen and oxygen atoms in total. The first-order chi connectivity index (χ1) is 12.5. The Bertz CT molecular complexity index is 890. The van der Waals surface area contributed by atoms with Gasteiger partial charge in [0.1, 0.15) is 11.8 Å². The van der Waals surface area contributed by atoms with Gasteiger partial charge in [0.05, 0.1) is 17.8 Å². The fourth-order valence-corrected chi connectivity index (χ4v) is 3.12. The monoisotopic (exact) mass is 367 g/mol. The highest BCUT2D eigenvalue weighted by atomic mass is 32.1. The molecule has 0 aliphatic heterocycles. The number of amides is 1. The van der Waals surface area contributed by atoms with E-state index in [-0.39, 0.29) is 11.9 Å². The lowest BCUT2D eigenvalue weighted by molar-refractivity contribution is -0.116. The average Bonchev–Trinajstić information content (AvgIpc) is 3.09. The number of thiazole rings is 1. The van der Waals surface area contributed by atoms with E-state index in [9.17, 15) is 4.79 Å². The van der Waals surface area contributed by atoms with Gasteiger partial charge < -0.3 is 15.4 Å². The number of hydrogen-bond acceptors (Lipinski definition) is 5. The third-order valence-corrected chi connectivity index (χ3v) is 4.69. The Labute approximate surface area is 157 Å². The molecule has 2 N–H and O–H groups in total. The van der Waals surface area contributed by atoms with Crippen molar-refractivity contribution in [1.82, 2.24) is 4.98 Å². The summed E-state index contributed by atoms with van der Waals surface area (Å²) in [5.74, 6) is 0.591. The maximum atomic E-state index is 12.4. The first kappa shape index (κ1) is 17.9. The van der Waals surface area contributed by atoms with Crippen molar-refractivity contribution in [3.8, 4) is 17.0 Å². The number of aromatic nitrogens is 1. The van der Waals surface area contributed by atoms with E-state index in [0.717, 1.165) is 22.0 Å². The van der Waals surface area contributed by atoms with E-state index >= 15 is 0 Å².